The topological polar surface area (TPSA) is 124 Å². The lowest BCUT2D eigenvalue weighted by molar-refractivity contribution is -0.113. The number of carbonyl (C=O) groups is 2. The fourth-order valence-corrected chi connectivity index (χ4v) is 5.25. The summed E-state index contributed by atoms with van der Waals surface area (Å²) in [7, 11) is 1.58. The van der Waals surface area contributed by atoms with Gasteiger partial charge in [0.25, 0.3) is 5.91 Å². The molecule has 38 heavy (non-hydrogen) atoms. The van der Waals surface area contributed by atoms with Crippen LogP contribution in [0, 0.1) is 6.92 Å². The predicted octanol–water partition coefficient (Wildman–Crippen LogP) is 4.25. The van der Waals surface area contributed by atoms with Crippen molar-refractivity contribution < 1.29 is 14.3 Å². The second-order valence-electron chi connectivity index (χ2n) is 8.08. The van der Waals surface area contributed by atoms with Crippen LogP contribution in [0.4, 0.5) is 5.13 Å². The Morgan fingerprint density at radius 1 is 0.974 bits per heavy atom. The highest BCUT2D eigenvalue weighted by Gasteiger charge is 2.20. The molecule has 0 saturated carbocycles. The highest BCUT2D eigenvalue weighted by molar-refractivity contribution is 7.99. The smallest absolute Gasteiger partial charge is 0.252 e. The van der Waals surface area contributed by atoms with E-state index in [0.29, 0.717) is 33.1 Å². The van der Waals surface area contributed by atoms with Gasteiger partial charge >= 0.3 is 0 Å². The number of hydrogen-bond acceptors (Lipinski definition) is 9. The predicted molar refractivity (Wildman–Crippen MR) is 147 cm³/mol. The van der Waals surface area contributed by atoms with Gasteiger partial charge in [0.15, 0.2) is 11.0 Å². The van der Waals surface area contributed by atoms with Gasteiger partial charge in [-0.05, 0) is 35.9 Å². The molecule has 0 bridgehead atoms. The number of aryl methyl sites for hydroxylation is 1. The Kier molecular flexibility index (Phi) is 7.61. The fraction of sp³-hybridized carbons (Fsp3) is 0.154. The highest BCUT2D eigenvalue weighted by Crippen LogP contribution is 2.29. The summed E-state index contributed by atoms with van der Waals surface area (Å²) in [6.45, 7) is 1.93. The Morgan fingerprint density at radius 3 is 2.58 bits per heavy atom. The number of aromatic nitrogens is 5. The number of amides is 2. The molecule has 0 aliphatic rings. The number of benzene rings is 3. The van der Waals surface area contributed by atoms with Crippen molar-refractivity contribution in [1.82, 2.24) is 30.3 Å². The third-order valence-electron chi connectivity index (χ3n) is 5.57. The Morgan fingerprint density at radius 2 is 1.76 bits per heavy atom. The number of nitrogens with one attached hydrogen (secondary N) is 2. The maximum atomic E-state index is 13.1. The average Bonchev–Trinajstić information content (AvgIpc) is 3.55. The molecule has 0 spiro atoms. The molecule has 12 heteroatoms. The van der Waals surface area contributed by atoms with Crippen LogP contribution in [0.3, 0.4) is 0 Å². The van der Waals surface area contributed by atoms with Gasteiger partial charge in [0.2, 0.25) is 11.0 Å². The van der Waals surface area contributed by atoms with E-state index in [1.807, 2.05) is 67.6 Å². The molecule has 0 aliphatic carbocycles. The first-order chi connectivity index (χ1) is 18.5. The largest absolute Gasteiger partial charge is 0.495 e. The fourth-order valence-electron chi connectivity index (χ4n) is 3.88. The van der Waals surface area contributed by atoms with E-state index in [4.69, 9.17) is 4.74 Å². The van der Waals surface area contributed by atoms with Crippen LogP contribution in [0.25, 0.3) is 16.5 Å². The van der Waals surface area contributed by atoms with Crippen molar-refractivity contribution in [1.29, 1.82) is 0 Å². The minimum atomic E-state index is -0.244. The summed E-state index contributed by atoms with van der Waals surface area (Å²) in [4.78, 5) is 25.7. The average molecular weight is 546 g/mol. The summed E-state index contributed by atoms with van der Waals surface area (Å²) in [6.07, 6.45) is 0. The Bertz CT molecular complexity index is 1610. The van der Waals surface area contributed by atoms with Crippen molar-refractivity contribution in [2.75, 3.05) is 18.2 Å². The number of thioether (sulfide) groups is 1. The van der Waals surface area contributed by atoms with Crippen molar-refractivity contribution in [3.8, 4) is 11.4 Å². The number of hydrogen-bond donors (Lipinski definition) is 2. The van der Waals surface area contributed by atoms with Crippen molar-refractivity contribution in [3.05, 3.63) is 83.1 Å². The molecule has 3 aromatic carbocycles. The first-order valence-corrected chi connectivity index (χ1v) is 13.4. The molecule has 0 aliphatic heterocycles. The zero-order valence-corrected chi connectivity index (χ0v) is 22.2. The van der Waals surface area contributed by atoms with Gasteiger partial charge in [-0.15, -0.1) is 20.4 Å². The normalized spacial score (nSPS) is 10.9. The van der Waals surface area contributed by atoms with Gasteiger partial charge < -0.3 is 10.1 Å². The van der Waals surface area contributed by atoms with Crippen molar-refractivity contribution in [2.24, 2.45) is 0 Å². The molecule has 0 atom stereocenters. The van der Waals surface area contributed by atoms with Crippen LogP contribution >= 0.6 is 23.1 Å². The number of nitrogens with zero attached hydrogens (tertiary/aromatic N) is 5. The summed E-state index contributed by atoms with van der Waals surface area (Å²) < 4.78 is 7.35. The summed E-state index contributed by atoms with van der Waals surface area (Å²) in [5, 5.41) is 25.7. The summed E-state index contributed by atoms with van der Waals surface area (Å²) in [5.74, 6) is 0.702. The van der Waals surface area contributed by atoms with E-state index in [2.05, 4.69) is 31.0 Å². The third kappa shape index (κ3) is 5.50. The van der Waals surface area contributed by atoms with E-state index in [1.54, 1.807) is 17.7 Å². The van der Waals surface area contributed by atoms with Gasteiger partial charge in [-0.1, -0.05) is 71.6 Å². The molecule has 0 fully saturated rings. The monoisotopic (exact) mass is 545 g/mol. The first kappa shape index (κ1) is 25.4. The molecule has 0 radical (unpaired) electrons. The number of methoxy groups -OCH3 is 1. The number of carbonyl (C=O) groups excluding carboxylic acids is 2. The lowest BCUT2D eigenvalue weighted by Crippen LogP contribution is -2.25. The van der Waals surface area contributed by atoms with Gasteiger partial charge in [-0.2, -0.15) is 0 Å². The van der Waals surface area contributed by atoms with Crippen LogP contribution in [-0.2, 0) is 11.3 Å². The van der Waals surface area contributed by atoms with E-state index in [9.17, 15) is 9.59 Å². The number of para-hydroxylation sites is 2. The molecule has 0 saturated heterocycles. The van der Waals surface area contributed by atoms with E-state index in [-0.39, 0.29) is 24.1 Å². The van der Waals surface area contributed by atoms with Crippen molar-refractivity contribution in [3.63, 3.8) is 0 Å². The Hall–Kier alpha value is -4.29. The molecule has 10 nitrogen and oxygen atoms in total. The zero-order valence-electron chi connectivity index (χ0n) is 20.5. The van der Waals surface area contributed by atoms with Crippen LogP contribution in [0.15, 0.2) is 71.9 Å². The highest BCUT2D eigenvalue weighted by atomic mass is 32.2. The van der Waals surface area contributed by atoms with Gasteiger partial charge in [-0.25, -0.2) is 0 Å². The molecular weight excluding hydrogens is 522 g/mol. The maximum absolute atomic E-state index is 13.1. The molecular formula is C26H23N7O3S2. The maximum Gasteiger partial charge on any atom is 0.252 e. The van der Waals surface area contributed by atoms with Crippen LogP contribution in [0.1, 0.15) is 21.2 Å². The quantitative estimate of drug-likeness (QED) is 0.264. The molecule has 2 amide bonds. The van der Waals surface area contributed by atoms with Gasteiger partial charge in [0.1, 0.15) is 10.8 Å². The van der Waals surface area contributed by atoms with E-state index >= 15 is 0 Å². The standard InChI is InChI=1S/C26H23N7O3S2/c1-16-29-31-25(38-16)28-23(34)15-37-26-32-30-22(33(26)20-12-5-6-13-21(20)36-2)14-27-24(35)19-11-7-9-17-8-3-4-10-18(17)19/h3-13H,14-15H2,1-2H3,(H,27,35)(H,28,31,34). The molecule has 2 heterocycles. The summed E-state index contributed by atoms with van der Waals surface area (Å²) in [6, 6.07) is 20.8. The SMILES string of the molecule is COc1ccccc1-n1c(CNC(=O)c2cccc3ccccc23)nnc1SCC(=O)Nc1nnc(C)s1. The molecule has 2 N–H and O–H groups in total. The van der Waals surface area contributed by atoms with E-state index in [0.717, 1.165) is 15.8 Å². The summed E-state index contributed by atoms with van der Waals surface area (Å²) in [5.41, 5.74) is 1.27. The van der Waals surface area contributed by atoms with Crippen molar-refractivity contribution >= 4 is 50.8 Å². The Labute approximate surface area is 226 Å². The minimum absolute atomic E-state index is 0.0777. The number of anilines is 1. The van der Waals surface area contributed by atoms with E-state index in [1.165, 1.54) is 23.1 Å². The number of ether oxygens (including phenoxy) is 1. The Balaban J connectivity index is 1.38. The third-order valence-corrected chi connectivity index (χ3v) is 7.26. The molecule has 0 unspecified atom stereocenters. The van der Waals surface area contributed by atoms with Gasteiger partial charge in [0.05, 0.1) is 25.1 Å². The second-order valence-corrected chi connectivity index (χ2v) is 10.2. The van der Waals surface area contributed by atoms with Crippen LogP contribution < -0.4 is 15.4 Å². The van der Waals surface area contributed by atoms with Crippen LogP contribution in [-0.4, -0.2) is 49.6 Å². The lowest BCUT2D eigenvalue weighted by atomic mass is 10.0. The second kappa shape index (κ2) is 11.4. The van der Waals surface area contributed by atoms with Crippen molar-refractivity contribution in [2.45, 2.75) is 18.6 Å². The van der Waals surface area contributed by atoms with Crippen LogP contribution in [0.5, 0.6) is 5.75 Å². The zero-order chi connectivity index (χ0) is 26.5. The number of rotatable bonds is 9. The molecule has 5 aromatic rings. The molecule has 5 rings (SSSR count). The van der Waals surface area contributed by atoms with E-state index < -0.39 is 0 Å². The first-order valence-electron chi connectivity index (χ1n) is 11.6. The molecule has 192 valence electrons. The number of fused-ring (bicyclic) bond motifs is 1. The van der Waals surface area contributed by atoms with Gasteiger partial charge in [0, 0.05) is 5.56 Å². The lowest BCUT2D eigenvalue weighted by Gasteiger charge is -2.14. The minimum Gasteiger partial charge on any atom is -0.495 e. The van der Waals surface area contributed by atoms with Gasteiger partial charge in [-0.3, -0.25) is 19.5 Å². The molecule has 2 aromatic heterocycles. The summed E-state index contributed by atoms with van der Waals surface area (Å²) >= 11 is 2.52. The van der Waals surface area contributed by atoms with Crippen LogP contribution in [0.2, 0.25) is 0 Å².